The van der Waals surface area contributed by atoms with Crippen molar-refractivity contribution in [3.8, 4) is 11.5 Å². The lowest BCUT2D eigenvalue weighted by atomic mass is 10.0. The van der Waals surface area contributed by atoms with E-state index in [4.69, 9.17) is 9.47 Å². The Morgan fingerprint density at radius 3 is 2.82 bits per heavy atom. The zero-order chi connectivity index (χ0) is 19.6. The maximum Gasteiger partial charge on any atom is 0.220 e. The molecule has 0 unspecified atom stereocenters. The maximum atomic E-state index is 12.4. The van der Waals surface area contributed by atoms with Crippen LogP contribution >= 0.6 is 0 Å². The van der Waals surface area contributed by atoms with Crippen LogP contribution in [0.15, 0.2) is 36.9 Å². The highest BCUT2D eigenvalue weighted by atomic mass is 16.6. The van der Waals surface area contributed by atoms with Gasteiger partial charge in [-0.1, -0.05) is 38.7 Å². The summed E-state index contributed by atoms with van der Waals surface area (Å²) in [4.78, 5) is 16.5. The topological polar surface area (TPSA) is 65.4 Å². The summed E-state index contributed by atoms with van der Waals surface area (Å²) in [5.41, 5.74) is 0.998. The highest BCUT2D eigenvalue weighted by molar-refractivity contribution is 5.76. The molecule has 1 radical (unpaired) electrons. The minimum atomic E-state index is -0.125. The molecule has 6 nitrogen and oxygen atoms in total. The van der Waals surface area contributed by atoms with E-state index < -0.39 is 0 Å². The number of hydrogen-bond acceptors (Lipinski definition) is 4. The number of ether oxygens (including phenoxy) is 2. The van der Waals surface area contributed by atoms with Gasteiger partial charge in [-0.25, -0.2) is 4.98 Å². The van der Waals surface area contributed by atoms with Crippen LogP contribution in [0.2, 0.25) is 0 Å². The molecule has 1 aliphatic rings. The van der Waals surface area contributed by atoms with Gasteiger partial charge in [0.25, 0.3) is 0 Å². The van der Waals surface area contributed by atoms with E-state index in [1.165, 1.54) is 19.3 Å². The van der Waals surface area contributed by atoms with Crippen molar-refractivity contribution in [2.45, 2.75) is 58.0 Å². The minimum absolute atomic E-state index is 0.0930. The number of nitrogens with zero attached hydrogens (tertiary/aromatic N) is 2. The average molecular weight is 385 g/mol. The van der Waals surface area contributed by atoms with Crippen molar-refractivity contribution in [1.82, 2.24) is 14.9 Å². The highest BCUT2D eigenvalue weighted by Gasteiger charge is 2.17. The smallest absolute Gasteiger partial charge is 0.220 e. The van der Waals surface area contributed by atoms with Gasteiger partial charge in [0.15, 0.2) is 11.5 Å². The third kappa shape index (κ3) is 6.29. The number of aromatic nitrogens is 2. The van der Waals surface area contributed by atoms with E-state index in [0.717, 1.165) is 29.9 Å². The first-order valence-corrected chi connectivity index (χ1v) is 10.2. The molecule has 0 saturated carbocycles. The van der Waals surface area contributed by atoms with Crippen LogP contribution in [0.4, 0.5) is 0 Å². The molecule has 2 heterocycles. The van der Waals surface area contributed by atoms with Gasteiger partial charge in [0.05, 0.1) is 12.4 Å². The standard InChI is InChI=1S/C22H30N3O3/c1-2-3-4-5-6-7-22(26)24-19(16-25-11-10-23-17-25)14-18-8-9-20-21(15-18)28-13-12-27-20/h8-11,14-15,17,19H,2-7,12-13,16H2,1H3,(H,24,26)/t19-/m0/s1. The number of hydrogen-bond donors (Lipinski definition) is 1. The largest absolute Gasteiger partial charge is 0.486 e. The fraction of sp³-hybridized carbons (Fsp3) is 0.500. The lowest BCUT2D eigenvalue weighted by Gasteiger charge is -2.22. The third-order valence-corrected chi connectivity index (χ3v) is 4.78. The Balaban J connectivity index is 1.58. The Hall–Kier alpha value is -2.50. The first-order chi connectivity index (χ1) is 13.7. The molecule has 0 fully saturated rings. The molecule has 151 valence electrons. The van der Waals surface area contributed by atoms with Gasteiger partial charge in [0.1, 0.15) is 13.2 Å². The van der Waals surface area contributed by atoms with Crippen molar-refractivity contribution in [3.63, 3.8) is 0 Å². The Bertz CT molecular complexity index is 731. The van der Waals surface area contributed by atoms with Gasteiger partial charge in [-0.2, -0.15) is 0 Å². The number of imidazole rings is 1. The van der Waals surface area contributed by atoms with Crippen LogP contribution in [0.25, 0.3) is 0 Å². The number of benzene rings is 1. The molecule has 1 aliphatic heterocycles. The molecule has 3 rings (SSSR count). The van der Waals surface area contributed by atoms with Gasteiger partial charge in [-0.05, 0) is 24.1 Å². The second-order valence-corrected chi connectivity index (χ2v) is 7.17. The van der Waals surface area contributed by atoms with E-state index >= 15 is 0 Å². The number of carbonyl (C=O) groups excluding carboxylic acids is 1. The molecule has 1 aromatic heterocycles. The van der Waals surface area contributed by atoms with Gasteiger partial charge in [0.2, 0.25) is 5.91 Å². The quantitative estimate of drug-likeness (QED) is 0.599. The van der Waals surface area contributed by atoms with Crippen LogP contribution in [0.1, 0.15) is 51.0 Å². The van der Waals surface area contributed by atoms with Crippen LogP contribution in [0.5, 0.6) is 11.5 Å². The molecule has 1 N–H and O–H groups in total. The average Bonchev–Trinajstić information content (AvgIpc) is 3.20. The fourth-order valence-electron chi connectivity index (χ4n) is 3.33. The molecule has 1 atom stereocenters. The van der Waals surface area contributed by atoms with Crippen molar-refractivity contribution < 1.29 is 14.3 Å². The molecular weight excluding hydrogens is 354 g/mol. The number of rotatable bonds is 11. The first kappa shape index (κ1) is 20.2. The summed E-state index contributed by atoms with van der Waals surface area (Å²) < 4.78 is 13.2. The van der Waals surface area contributed by atoms with Crippen molar-refractivity contribution in [1.29, 1.82) is 0 Å². The van der Waals surface area contributed by atoms with E-state index in [1.54, 1.807) is 12.5 Å². The minimum Gasteiger partial charge on any atom is -0.486 e. The normalized spacial score (nSPS) is 13.9. The van der Waals surface area contributed by atoms with Crippen LogP contribution in [-0.2, 0) is 11.3 Å². The monoisotopic (exact) mass is 384 g/mol. The van der Waals surface area contributed by atoms with Crippen molar-refractivity contribution in [2.75, 3.05) is 13.2 Å². The highest BCUT2D eigenvalue weighted by Crippen LogP contribution is 2.31. The Labute approximate surface area is 167 Å². The van der Waals surface area contributed by atoms with E-state index in [0.29, 0.717) is 26.2 Å². The fourth-order valence-corrected chi connectivity index (χ4v) is 3.33. The molecule has 1 aromatic carbocycles. The number of nitrogens with one attached hydrogen (secondary N) is 1. The van der Waals surface area contributed by atoms with E-state index in [1.807, 2.05) is 29.0 Å². The van der Waals surface area contributed by atoms with Crippen LogP contribution in [0, 0.1) is 6.42 Å². The van der Waals surface area contributed by atoms with E-state index in [-0.39, 0.29) is 11.9 Å². The zero-order valence-corrected chi connectivity index (χ0v) is 16.6. The lowest BCUT2D eigenvalue weighted by molar-refractivity contribution is -0.121. The summed E-state index contributed by atoms with van der Waals surface area (Å²) in [5.74, 6) is 1.62. The van der Waals surface area contributed by atoms with Crippen LogP contribution in [-0.4, -0.2) is 34.7 Å². The Morgan fingerprint density at radius 2 is 2.04 bits per heavy atom. The number of fused-ring (bicyclic) bond motifs is 1. The predicted molar refractivity (Wildman–Crippen MR) is 108 cm³/mol. The molecule has 0 bridgehead atoms. The van der Waals surface area contributed by atoms with Gasteiger partial charge in [0, 0.05) is 31.8 Å². The number of unbranched alkanes of at least 4 members (excludes halogenated alkanes) is 4. The van der Waals surface area contributed by atoms with Crippen molar-refractivity contribution >= 4 is 5.91 Å². The third-order valence-electron chi connectivity index (χ3n) is 4.78. The van der Waals surface area contributed by atoms with E-state index in [9.17, 15) is 4.79 Å². The summed E-state index contributed by atoms with van der Waals surface area (Å²) >= 11 is 0. The van der Waals surface area contributed by atoms with Crippen LogP contribution in [0.3, 0.4) is 0 Å². The number of carbonyl (C=O) groups is 1. The molecule has 0 spiro atoms. The van der Waals surface area contributed by atoms with Gasteiger partial charge >= 0.3 is 0 Å². The van der Waals surface area contributed by atoms with Crippen molar-refractivity contribution in [2.24, 2.45) is 0 Å². The summed E-state index contributed by atoms with van der Waals surface area (Å²) in [6.07, 6.45) is 13.7. The molecular formula is C22H30N3O3. The first-order valence-electron chi connectivity index (χ1n) is 10.2. The van der Waals surface area contributed by atoms with Crippen molar-refractivity contribution in [3.05, 3.63) is 48.9 Å². The van der Waals surface area contributed by atoms with Crippen LogP contribution < -0.4 is 14.8 Å². The Kier molecular flexibility index (Phi) is 7.76. The number of amides is 1. The lowest BCUT2D eigenvalue weighted by Crippen LogP contribution is -2.38. The predicted octanol–water partition coefficient (Wildman–Crippen LogP) is 3.75. The molecule has 2 aromatic rings. The molecule has 0 aliphatic carbocycles. The zero-order valence-electron chi connectivity index (χ0n) is 16.6. The summed E-state index contributed by atoms with van der Waals surface area (Å²) in [7, 11) is 0. The SMILES string of the molecule is CCCCCCCC(=O)N[C@@H]([CH]c1ccc2c(c1)OCCO2)Cn1ccnc1. The second-order valence-electron chi connectivity index (χ2n) is 7.17. The maximum absolute atomic E-state index is 12.4. The molecule has 0 saturated heterocycles. The molecule has 1 amide bonds. The summed E-state index contributed by atoms with van der Waals surface area (Å²) in [6.45, 7) is 3.97. The molecule has 28 heavy (non-hydrogen) atoms. The second kappa shape index (κ2) is 10.7. The van der Waals surface area contributed by atoms with Gasteiger partial charge < -0.3 is 19.4 Å². The summed E-state index contributed by atoms with van der Waals surface area (Å²) in [6, 6.07) is 5.75. The van der Waals surface area contributed by atoms with E-state index in [2.05, 4.69) is 23.6 Å². The van der Waals surface area contributed by atoms with Gasteiger partial charge in [-0.3, -0.25) is 4.79 Å². The summed E-state index contributed by atoms with van der Waals surface area (Å²) in [5, 5.41) is 3.16. The van der Waals surface area contributed by atoms with Gasteiger partial charge in [-0.15, -0.1) is 0 Å². The molecule has 6 heteroatoms. The Morgan fingerprint density at radius 1 is 1.21 bits per heavy atom.